The molecule has 0 N–H and O–H groups in total. The van der Waals surface area contributed by atoms with Crippen molar-refractivity contribution in [3.05, 3.63) is 34.3 Å². The van der Waals surface area contributed by atoms with Crippen LogP contribution in [0, 0.1) is 0 Å². The predicted octanol–water partition coefficient (Wildman–Crippen LogP) is 2.01. The lowest BCUT2D eigenvalue weighted by Gasteiger charge is -2.34. The highest BCUT2D eigenvalue weighted by Crippen LogP contribution is 2.23. The number of carbonyl (C=O) groups excluding carboxylic acids is 1. The Morgan fingerprint density at radius 1 is 1.37 bits per heavy atom. The summed E-state index contributed by atoms with van der Waals surface area (Å²) in [5, 5.41) is -0.720. The number of nitrogens with zero attached hydrogens (tertiary/aromatic N) is 1. The summed E-state index contributed by atoms with van der Waals surface area (Å²) in [6.07, 6.45) is 1.19. The van der Waals surface area contributed by atoms with Crippen molar-refractivity contribution in [1.82, 2.24) is 4.90 Å². The molecule has 0 bridgehead atoms. The molecule has 19 heavy (non-hydrogen) atoms. The highest BCUT2D eigenvalue weighted by molar-refractivity contribution is 9.10. The molecule has 0 aliphatic carbocycles. The standard InChI is InChI=1S/C12H14BrNO3S2/c1-19(16,17)11-8-18-7-6-14(11)12(15)9-2-4-10(13)5-3-9/h2-5,11H,6-8H2,1H3. The second kappa shape index (κ2) is 5.85. The molecule has 0 saturated carbocycles. The molecule has 0 spiro atoms. The Bertz CT molecular complexity index is 571. The summed E-state index contributed by atoms with van der Waals surface area (Å²) in [5.41, 5.74) is 0.517. The minimum atomic E-state index is -3.26. The average molecular weight is 364 g/mol. The Balaban J connectivity index is 2.27. The van der Waals surface area contributed by atoms with Crippen LogP contribution in [0.1, 0.15) is 10.4 Å². The normalized spacial score (nSPS) is 20.3. The molecule has 1 saturated heterocycles. The van der Waals surface area contributed by atoms with E-state index >= 15 is 0 Å². The van der Waals surface area contributed by atoms with Crippen LogP contribution >= 0.6 is 27.7 Å². The minimum Gasteiger partial charge on any atom is -0.320 e. The van der Waals surface area contributed by atoms with Gasteiger partial charge in [0.15, 0.2) is 9.84 Å². The minimum absolute atomic E-state index is 0.219. The van der Waals surface area contributed by atoms with Crippen LogP contribution in [0.5, 0.6) is 0 Å². The van der Waals surface area contributed by atoms with Gasteiger partial charge >= 0.3 is 0 Å². The number of thioether (sulfide) groups is 1. The van der Waals surface area contributed by atoms with Crippen LogP contribution in [-0.2, 0) is 9.84 Å². The van der Waals surface area contributed by atoms with Crippen LogP contribution in [0.4, 0.5) is 0 Å². The van der Waals surface area contributed by atoms with Gasteiger partial charge in [0.2, 0.25) is 0 Å². The molecule has 1 fully saturated rings. The van der Waals surface area contributed by atoms with Gasteiger partial charge in [-0.3, -0.25) is 4.79 Å². The molecule has 1 amide bonds. The van der Waals surface area contributed by atoms with Crippen LogP contribution in [-0.4, -0.2) is 48.9 Å². The lowest BCUT2D eigenvalue weighted by Crippen LogP contribution is -2.49. The summed E-state index contributed by atoms with van der Waals surface area (Å²) in [7, 11) is -3.26. The van der Waals surface area contributed by atoms with Gasteiger partial charge in [0.05, 0.1) is 0 Å². The quantitative estimate of drug-likeness (QED) is 0.806. The smallest absolute Gasteiger partial charge is 0.254 e. The maximum atomic E-state index is 12.4. The molecule has 1 atom stereocenters. The van der Waals surface area contributed by atoms with Gasteiger partial charge in [0.25, 0.3) is 5.91 Å². The molecule has 0 aromatic heterocycles. The van der Waals surface area contributed by atoms with E-state index in [4.69, 9.17) is 0 Å². The van der Waals surface area contributed by atoms with Crippen molar-refractivity contribution < 1.29 is 13.2 Å². The Hall–Kier alpha value is -0.530. The molecule has 1 aromatic rings. The van der Waals surface area contributed by atoms with Crippen molar-refractivity contribution in [2.75, 3.05) is 24.3 Å². The highest BCUT2D eigenvalue weighted by atomic mass is 79.9. The van der Waals surface area contributed by atoms with Crippen molar-refractivity contribution in [3.8, 4) is 0 Å². The fourth-order valence-electron chi connectivity index (χ4n) is 1.93. The zero-order valence-corrected chi connectivity index (χ0v) is 13.6. The zero-order chi connectivity index (χ0) is 14.0. The molecule has 1 aromatic carbocycles. The number of hydrogen-bond donors (Lipinski definition) is 0. The van der Waals surface area contributed by atoms with E-state index < -0.39 is 15.2 Å². The van der Waals surface area contributed by atoms with Crippen molar-refractivity contribution in [2.24, 2.45) is 0 Å². The van der Waals surface area contributed by atoms with Gasteiger partial charge in [-0.2, -0.15) is 11.8 Å². The SMILES string of the molecule is CS(=O)(=O)C1CSCCN1C(=O)c1ccc(Br)cc1. The van der Waals surface area contributed by atoms with Gasteiger partial charge in [-0.15, -0.1) is 0 Å². The molecule has 104 valence electrons. The van der Waals surface area contributed by atoms with Crippen LogP contribution in [0.2, 0.25) is 0 Å². The molecule has 1 aliphatic rings. The summed E-state index contributed by atoms with van der Waals surface area (Å²) in [5.74, 6) is 0.998. The van der Waals surface area contributed by atoms with E-state index in [2.05, 4.69) is 15.9 Å². The third-order valence-electron chi connectivity index (χ3n) is 2.93. The highest BCUT2D eigenvalue weighted by Gasteiger charge is 2.34. The Kier molecular flexibility index (Phi) is 4.58. The van der Waals surface area contributed by atoms with Crippen molar-refractivity contribution in [2.45, 2.75) is 5.37 Å². The van der Waals surface area contributed by atoms with Crippen molar-refractivity contribution >= 4 is 43.4 Å². The zero-order valence-electron chi connectivity index (χ0n) is 10.4. The molecular formula is C12H14BrNO3S2. The van der Waals surface area contributed by atoms with E-state index in [0.29, 0.717) is 17.9 Å². The van der Waals surface area contributed by atoms with Gasteiger partial charge in [0.1, 0.15) is 5.37 Å². The first-order valence-electron chi connectivity index (χ1n) is 5.73. The molecule has 2 rings (SSSR count). The third kappa shape index (κ3) is 3.52. The Labute approximate surface area is 125 Å². The molecule has 1 unspecified atom stereocenters. The van der Waals surface area contributed by atoms with E-state index in [-0.39, 0.29) is 5.91 Å². The largest absolute Gasteiger partial charge is 0.320 e. The van der Waals surface area contributed by atoms with Gasteiger partial charge < -0.3 is 4.90 Å². The number of hydrogen-bond acceptors (Lipinski definition) is 4. The average Bonchev–Trinajstić information content (AvgIpc) is 2.38. The summed E-state index contributed by atoms with van der Waals surface area (Å²) in [6, 6.07) is 6.96. The van der Waals surface area contributed by atoms with Crippen molar-refractivity contribution in [1.29, 1.82) is 0 Å². The number of benzene rings is 1. The molecule has 1 heterocycles. The fourth-order valence-corrected chi connectivity index (χ4v) is 5.01. The summed E-state index contributed by atoms with van der Waals surface area (Å²) >= 11 is 4.88. The van der Waals surface area contributed by atoms with Crippen molar-refractivity contribution in [3.63, 3.8) is 0 Å². The molecule has 0 radical (unpaired) electrons. The lowest BCUT2D eigenvalue weighted by molar-refractivity contribution is 0.0749. The van der Waals surface area contributed by atoms with E-state index in [9.17, 15) is 13.2 Å². The van der Waals surface area contributed by atoms with E-state index in [1.54, 1.807) is 36.0 Å². The first kappa shape index (κ1) is 14.9. The topological polar surface area (TPSA) is 54.5 Å². The number of halogens is 1. The van der Waals surface area contributed by atoms with E-state index in [1.165, 1.54) is 11.2 Å². The Morgan fingerprint density at radius 3 is 2.58 bits per heavy atom. The summed E-state index contributed by atoms with van der Waals surface area (Å²) in [6.45, 7) is 0.470. The molecule has 1 aliphatic heterocycles. The van der Waals surface area contributed by atoms with Crippen LogP contribution in [0.25, 0.3) is 0 Å². The number of carbonyl (C=O) groups is 1. The number of rotatable bonds is 2. The first-order chi connectivity index (χ1) is 8.89. The van der Waals surface area contributed by atoms with E-state index in [0.717, 1.165) is 10.2 Å². The third-order valence-corrected chi connectivity index (χ3v) is 6.10. The number of amides is 1. The lowest BCUT2D eigenvalue weighted by atomic mass is 10.2. The molecule has 4 nitrogen and oxygen atoms in total. The van der Waals surface area contributed by atoms with Gasteiger partial charge in [-0.25, -0.2) is 8.42 Å². The summed E-state index contributed by atoms with van der Waals surface area (Å²) in [4.78, 5) is 13.9. The van der Waals surface area contributed by atoms with Gasteiger partial charge in [-0.1, -0.05) is 15.9 Å². The first-order valence-corrected chi connectivity index (χ1v) is 9.63. The second-order valence-electron chi connectivity index (χ2n) is 4.36. The summed E-state index contributed by atoms with van der Waals surface area (Å²) < 4.78 is 24.4. The molecular weight excluding hydrogens is 350 g/mol. The van der Waals surface area contributed by atoms with Crippen LogP contribution in [0.3, 0.4) is 0 Å². The predicted molar refractivity (Wildman–Crippen MR) is 81.1 cm³/mol. The maximum absolute atomic E-state index is 12.4. The molecule has 7 heteroatoms. The van der Waals surface area contributed by atoms with Gasteiger partial charge in [-0.05, 0) is 24.3 Å². The Morgan fingerprint density at radius 2 is 2.00 bits per heavy atom. The van der Waals surface area contributed by atoms with Crippen LogP contribution in [0.15, 0.2) is 28.7 Å². The maximum Gasteiger partial charge on any atom is 0.254 e. The fraction of sp³-hybridized carbons (Fsp3) is 0.417. The monoisotopic (exact) mass is 363 g/mol. The van der Waals surface area contributed by atoms with Gasteiger partial charge in [0, 0.05) is 34.3 Å². The second-order valence-corrected chi connectivity index (χ2v) is 8.63. The van der Waals surface area contributed by atoms with Crippen LogP contribution < -0.4 is 0 Å². The number of sulfone groups is 1. The van der Waals surface area contributed by atoms with E-state index in [1.807, 2.05) is 0 Å².